The Morgan fingerprint density at radius 1 is 1.25 bits per heavy atom. The molecule has 0 unspecified atom stereocenters. The number of hydrogen-bond donors (Lipinski definition) is 3. The first-order chi connectivity index (χ1) is 13.4. The first-order valence-electron chi connectivity index (χ1n) is 9.09. The van der Waals surface area contributed by atoms with Gasteiger partial charge in [0.1, 0.15) is 5.82 Å². The van der Waals surface area contributed by atoms with Crippen molar-refractivity contribution < 1.29 is 24.2 Å². The number of nitrogens with one attached hydrogen (secondary N) is 1. The highest BCUT2D eigenvalue weighted by Crippen LogP contribution is 2.26. The molecule has 2 aromatic rings. The second-order valence-corrected chi connectivity index (χ2v) is 7.82. The number of piperazine rings is 1. The number of benzene rings is 1. The van der Waals surface area contributed by atoms with Crippen LogP contribution in [0.2, 0.25) is 0 Å². The van der Waals surface area contributed by atoms with E-state index in [2.05, 4.69) is 15.2 Å². The number of hydrogen-bond acceptors (Lipinski definition) is 7. The fraction of sp³-hybridized carbons (Fsp3) is 0.500. The predicted molar refractivity (Wildman–Crippen MR) is 104 cm³/mol. The van der Waals surface area contributed by atoms with Crippen LogP contribution in [0.1, 0.15) is 6.42 Å². The summed E-state index contributed by atoms with van der Waals surface area (Å²) < 4.78 is 13.9. The first-order valence-corrected chi connectivity index (χ1v) is 9.90. The molecule has 1 amide bonds. The van der Waals surface area contributed by atoms with Crippen molar-refractivity contribution >= 4 is 38.6 Å². The zero-order chi connectivity index (χ0) is 20.1. The van der Waals surface area contributed by atoms with E-state index in [-0.39, 0.29) is 18.8 Å². The lowest BCUT2D eigenvalue weighted by atomic mass is 10.0. The van der Waals surface area contributed by atoms with E-state index in [1.165, 1.54) is 18.2 Å². The lowest BCUT2D eigenvalue weighted by Gasteiger charge is -2.35. The number of carboxylic acid groups (broad SMARTS) is 1. The Morgan fingerprint density at radius 3 is 2.64 bits per heavy atom. The molecule has 10 heteroatoms. The van der Waals surface area contributed by atoms with Crippen LogP contribution in [-0.4, -0.2) is 82.7 Å². The highest BCUT2D eigenvalue weighted by Gasteiger charge is 2.26. The van der Waals surface area contributed by atoms with E-state index in [1.807, 2.05) is 4.90 Å². The van der Waals surface area contributed by atoms with Crippen LogP contribution in [0.4, 0.5) is 9.52 Å². The molecule has 0 bridgehead atoms. The van der Waals surface area contributed by atoms with Gasteiger partial charge in [-0.05, 0) is 18.2 Å². The van der Waals surface area contributed by atoms with Crippen molar-refractivity contribution in [2.24, 2.45) is 5.92 Å². The Labute approximate surface area is 165 Å². The fourth-order valence-corrected chi connectivity index (χ4v) is 4.13. The molecule has 2 heterocycles. The molecule has 1 aliphatic heterocycles. The van der Waals surface area contributed by atoms with Gasteiger partial charge in [-0.3, -0.25) is 19.4 Å². The van der Waals surface area contributed by atoms with Gasteiger partial charge in [-0.1, -0.05) is 11.3 Å². The van der Waals surface area contributed by atoms with Gasteiger partial charge in [0, 0.05) is 45.7 Å². The molecule has 0 radical (unpaired) electrons. The molecular formula is C18H23FN4O4S. The van der Waals surface area contributed by atoms with Crippen molar-refractivity contribution in [3.63, 3.8) is 0 Å². The maximum absolute atomic E-state index is 13.3. The number of aliphatic carboxylic acids is 1. The highest BCUT2D eigenvalue weighted by molar-refractivity contribution is 7.22. The van der Waals surface area contributed by atoms with Crippen LogP contribution in [0, 0.1) is 11.7 Å². The molecule has 28 heavy (non-hydrogen) atoms. The number of aliphatic hydroxyl groups excluding tert-OH is 1. The van der Waals surface area contributed by atoms with Gasteiger partial charge in [-0.15, -0.1) is 0 Å². The molecule has 152 valence electrons. The summed E-state index contributed by atoms with van der Waals surface area (Å²) in [5.41, 5.74) is 0.581. The Balaban J connectivity index is 1.54. The van der Waals surface area contributed by atoms with Gasteiger partial charge in [0.25, 0.3) is 0 Å². The van der Waals surface area contributed by atoms with Crippen LogP contribution in [-0.2, 0) is 9.59 Å². The van der Waals surface area contributed by atoms with Gasteiger partial charge in [0.15, 0.2) is 5.13 Å². The second-order valence-electron chi connectivity index (χ2n) is 6.78. The summed E-state index contributed by atoms with van der Waals surface area (Å²) in [6, 6.07) is 4.18. The summed E-state index contributed by atoms with van der Waals surface area (Å²) >= 11 is 1.15. The highest BCUT2D eigenvalue weighted by atomic mass is 32.1. The molecule has 1 aromatic heterocycles. The maximum atomic E-state index is 13.3. The van der Waals surface area contributed by atoms with Crippen molar-refractivity contribution in [3.8, 4) is 0 Å². The number of carbonyl (C=O) groups is 2. The Kier molecular flexibility index (Phi) is 6.89. The minimum absolute atomic E-state index is 0.107. The van der Waals surface area contributed by atoms with E-state index in [4.69, 9.17) is 5.11 Å². The largest absolute Gasteiger partial charge is 0.481 e. The number of aromatic nitrogens is 1. The number of amides is 1. The average Bonchev–Trinajstić information content (AvgIpc) is 3.04. The van der Waals surface area contributed by atoms with Crippen LogP contribution in [0.5, 0.6) is 0 Å². The van der Waals surface area contributed by atoms with E-state index in [0.29, 0.717) is 41.5 Å². The number of aliphatic hydroxyl groups is 1. The van der Waals surface area contributed by atoms with Gasteiger partial charge >= 0.3 is 5.97 Å². The summed E-state index contributed by atoms with van der Waals surface area (Å²) in [7, 11) is 0. The molecule has 0 aliphatic carbocycles. The molecular weight excluding hydrogens is 387 g/mol. The zero-order valence-corrected chi connectivity index (χ0v) is 16.1. The lowest BCUT2D eigenvalue weighted by Crippen LogP contribution is -2.49. The third kappa shape index (κ3) is 5.44. The summed E-state index contributed by atoms with van der Waals surface area (Å²) in [6.45, 7) is 3.95. The Morgan fingerprint density at radius 2 is 1.96 bits per heavy atom. The van der Waals surface area contributed by atoms with Crippen LogP contribution in [0.3, 0.4) is 0 Å². The number of carbonyl (C=O) groups excluding carboxylic acids is 1. The molecule has 0 spiro atoms. The van der Waals surface area contributed by atoms with Crippen molar-refractivity contribution in [2.45, 2.75) is 6.42 Å². The number of nitrogens with zero attached hydrogens (tertiary/aromatic N) is 3. The smallest absolute Gasteiger partial charge is 0.308 e. The lowest BCUT2D eigenvalue weighted by molar-refractivity contribution is -0.144. The van der Waals surface area contributed by atoms with Crippen molar-refractivity contribution in [2.75, 3.05) is 51.2 Å². The Bertz CT molecular complexity index is 838. The van der Waals surface area contributed by atoms with Crippen LogP contribution in [0.15, 0.2) is 18.2 Å². The van der Waals surface area contributed by atoms with Crippen molar-refractivity contribution in [1.82, 2.24) is 14.8 Å². The summed E-state index contributed by atoms with van der Waals surface area (Å²) in [5, 5.41) is 21.4. The molecule has 1 atom stereocenters. The number of thiazole rings is 1. The summed E-state index contributed by atoms with van der Waals surface area (Å²) in [6.07, 6.45) is -0.156. The second kappa shape index (κ2) is 9.37. The number of anilines is 1. The van der Waals surface area contributed by atoms with Gasteiger partial charge in [0.2, 0.25) is 5.91 Å². The van der Waals surface area contributed by atoms with E-state index in [0.717, 1.165) is 24.4 Å². The van der Waals surface area contributed by atoms with E-state index in [1.54, 1.807) is 0 Å². The third-order valence-electron chi connectivity index (χ3n) is 4.74. The van der Waals surface area contributed by atoms with Crippen molar-refractivity contribution in [3.05, 3.63) is 24.0 Å². The summed E-state index contributed by atoms with van der Waals surface area (Å²) in [5.74, 6) is -2.64. The minimum Gasteiger partial charge on any atom is -0.481 e. The van der Waals surface area contributed by atoms with Crippen LogP contribution in [0.25, 0.3) is 10.2 Å². The predicted octanol–water partition coefficient (Wildman–Crippen LogP) is 1.07. The molecule has 3 rings (SSSR count). The monoisotopic (exact) mass is 410 g/mol. The van der Waals surface area contributed by atoms with E-state index >= 15 is 0 Å². The summed E-state index contributed by atoms with van der Waals surface area (Å²) in [4.78, 5) is 32.3. The zero-order valence-electron chi connectivity index (χ0n) is 15.3. The van der Waals surface area contributed by atoms with Gasteiger partial charge in [-0.2, -0.15) is 0 Å². The average molecular weight is 410 g/mol. The minimum atomic E-state index is -1.01. The molecule has 1 aromatic carbocycles. The molecule has 3 N–H and O–H groups in total. The number of carboxylic acids is 1. The molecule has 8 nitrogen and oxygen atoms in total. The number of fused-ring (bicyclic) bond motifs is 1. The van der Waals surface area contributed by atoms with Gasteiger partial charge in [-0.25, -0.2) is 9.37 Å². The van der Waals surface area contributed by atoms with Crippen LogP contribution >= 0.6 is 11.3 Å². The fourth-order valence-electron chi connectivity index (χ4n) is 3.22. The van der Waals surface area contributed by atoms with Gasteiger partial charge in [0.05, 0.1) is 22.7 Å². The topological polar surface area (TPSA) is 106 Å². The third-order valence-corrected chi connectivity index (χ3v) is 5.67. The number of halogens is 1. The Hall–Kier alpha value is -2.14. The SMILES string of the molecule is O=C(C[C@@H](CN1CCN(CCO)CC1)C(=O)O)Nc1nc2ccc(F)cc2s1. The normalized spacial score (nSPS) is 16.9. The number of β-amino-alcohol motifs (C(OH)–C–C–N with tert-alkyl or cyclic N) is 1. The standard InChI is InChI=1S/C18H23FN4O4S/c19-13-1-2-14-15(10-13)28-18(20-14)21-16(25)9-12(17(26)27)11-23-5-3-22(4-6-23)7-8-24/h1-2,10,12,24H,3-9,11H2,(H,26,27)(H,20,21,25)/t12-/m0/s1. The quantitative estimate of drug-likeness (QED) is 0.598. The maximum Gasteiger partial charge on any atom is 0.308 e. The molecule has 1 aliphatic rings. The number of rotatable bonds is 8. The molecule has 1 saturated heterocycles. The van der Waals surface area contributed by atoms with E-state index < -0.39 is 17.8 Å². The van der Waals surface area contributed by atoms with E-state index in [9.17, 15) is 19.1 Å². The van der Waals surface area contributed by atoms with Crippen LogP contribution < -0.4 is 5.32 Å². The molecule has 0 saturated carbocycles. The molecule has 1 fully saturated rings. The van der Waals surface area contributed by atoms with Crippen molar-refractivity contribution in [1.29, 1.82) is 0 Å². The first kappa shape index (κ1) is 20.6. The van der Waals surface area contributed by atoms with Gasteiger partial charge < -0.3 is 15.5 Å².